The van der Waals surface area contributed by atoms with Crippen LogP contribution in [-0.4, -0.2) is 31.8 Å². The number of phenolic OH excluding ortho intramolecular Hbond substituents is 1. The van der Waals surface area contributed by atoms with Crippen molar-refractivity contribution in [3.05, 3.63) is 81.4 Å². The molecule has 0 amide bonds. The van der Waals surface area contributed by atoms with Crippen molar-refractivity contribution in [3.8, 4) is 11.5 Å². The molecule has 0 atom stereocenters. The van der Waals surface area contributed by atoms with Gasteiger partial charge in [0.25, 0.3) is 15.7 Å². The first-order chi connectivity index (χ1) is 15.6. The van der Waals surface area contributed by atoms with Crippen LogP contribution in [-0.2, 0) is 10.0 Å². The van der Waals surface area contributed by atoms with Gasteiger partial charge in [-0.3, -0.25) is 20.3 Å². The highest BCUT2D eigenvalue weighted by Crippen LogP contribution is 2.29. The number of hydrogen-bond donors (Lipinski definition) is 3. The number of aromatic hydroxyl groups is 1. The Kier molecular flexibility index (Phi) is 6.83. The lowest BCUT2D eigenvalue weighted by Gasteiger charge is -2.12. The van der Waals surface area contributed by atoms with E-state index in [1.165, 1.54) is 37.6 Å². The van der Waals surface area contributed by atoms with Gasteiger partial charge in [0.2, 0.25) is 0 Å². The minimum Gasteiger partial charge on any atom is -0.504 e. The summed E-state index contributed by atoms with van der Waals surface area (Å²) >= 11 is 0. The largest absolute Gasteiger partial charge is 0.504 e. The van der Waals surface area contributed by atoms with E-state index in [1.54, 1.807) is 25.1 Å². The van der Waals surface area contributed by atoms with Crippen LogP contribution in [0.2, 0.25) is 0 Å². The standard InChI is InChI=1S/C22H22N4O6S/c1-14-4-7-18(15(2)10-14)25-33(30,31)17-6-8-19(20(12-17)26(28)29)24-23-13-16-5-9-21(27)22(11-16)32-3/h4-13,24-25,27H,1-3H3. The van der Waals surface area contributed by atoms with Gasteiger partial charge in [-0.05, 0) is 61.4 Å². The Morgan fingerprint density at radius 1 is 1.06 bits per heavy atom. The predicted octanol–water partition coefficient (Wildman–Crippen LogP) is 4.17. The number of aryl methyl sites for hydroxylation is 2. The van der Waals surface area contributed by atoms with Crippen molar-refractivity contribution in [1.29, 1.82) is 0 Å². The number of rotatable bonds is 8. The van der Waals surface area contributed by atoms with Crippen LogP contribution in [0.5, 0.6) is 11.5 Å². The number of benzene rings is 3. The summed E-state index contributed by atoms with van der Waals surface area (Å²) in [7, 11) is -2.65. The van der Waals surface area contributed by atoms with Crippen LogP contribution in [0, 0.1) is 24.0 Å². The van der Waals surface area contributed by atoms with Crippen molar-refractivity contribution in [1.82, 2.24) is 0 Å². The van der Waals surface area contributed by atoms with Crippen molar-refractivity contribution in [2.24, 2.45) is 5.10 Å². The molecule has 0 radical (unpaired) electrons. The fourth-order valence-corrected chi connectivity index (χ4v) is 4.16. The van der Waals surface area contributed by atoms with Crippen molar-refractivity contribution in [3.63, 3.8) is 0 Å². The Hall–Kier alpha value is -4.12. The monoisotopic (exact) mass is 470 g/mol. The van der Waals surface area contributed by atoms with Crippen LogP contribution >= 0.6 is 0 Å². The van der Waals surface area contributed by atoms with Gasteiger partial charge < -0.3 is 9.84 Å². The topological polar surface area (TPSA) is 143 Å². The summed E-state index contributed by atoms with van der Waals surface area (Å²) in [5.74, 6) is 0.209. The molecule has 0 saturated heterocycles. The Morgan fingerprint density at radius 3 is 2.45 bits per heavy atom. The zero-order valence-corrected chi connectivity index (χ0v) is 18.9. The number of sulfonamides is 1. The molecule has 0 aromatic heterocycles. The smallest absolute Gasteiger partial charge is 0.295 e. The second-order valence-corrected chi connectivity index (χ2v) is 8.84. The number of nitro benzene ring substituents is 1. The zero-order chi connectivity index (χ0) is 24.2. The van der Waals surface area contributed by atoms with E-state index >= 15 is 0 Å². The summed E-state index contributed by atoms with van der Waals surface area (Å²) < 4.78 is 33.1. The first-order valence-electron chi connectivity index (χ1n) is 9.65. The highest BCUT2D eigenvalue weighted by atomic mass is 32.2. The lowest BCUT2D eigenvalue weighted by atomic mass is 10.1. The lowest BCUT2D eigenvalue weighted by Crippen LogP contribution is -2.14. The van der Waals surface area contributed by atoms with Gasteiger partial charge in [-0.25, -0.2) is 8.42 Å². The molecule has 3 N–H and O–H groups in total. The fourth-order valence-electron chi connectivity index (χ4n) is 3.01. The van der Waals surface area contributed by atoms with Crippen molar-refractivity contribution in [2.45, 2.75) is 18.7 Å². The molecule has 0 saturated carbocycles. The zero-order valence-electron chi connectivity index (χ0n) is 18.1. The molecule has 0 aliphatic carbocycles. The van der Waals surface area contributed by atoms with Gasteiger partial charge in [0, 0.05) is 6.07 Å². The molecular weight excluding hydrogens is 448 g/mol. The number of ether oxygens (including phenoxy) is 1. The maximum atomic E-state index is 12.8. The van der Waals surface area contributed by atoms with Crippen LogP contribution in [0.25, 0.3) is 0 Å². The molecule has 0 aliphatic heterocycles. The molecule has 0 fully saturated rings. The number of nitrogens with one attached hydrogen (secondary N) is 2. The summed E-state index contributed by atoms with van der Waals surface area (Å²) in [5.41, 5.74) is 4.76. The summed E-state index contributed by atoms with van der Waals surface area (Å²) in [6, 6.07) is 13.2. The Labute approximate surface area is 190 Å². The SMILES string of the molecule is COc1cc(C=NNc2ccc(S(=O)(=O)Nc3ccc(C)cc3C)cc2[N+](=O)[O-])ccc1O. The highest BCUT2D eigenvalue weighted by Gasteiger charge is 2.22. The summed E-state index contributed by atoms with van der Waals surface area (Å²) in [5, 5.41) is 25.2. The molecule has 10 nitrogen and oxygen atoms in total. The summed E-state index contributed by atoms with van der Waals surface area (Å²) in [4.78, 5) is 10.6. The Morgan fingerprint density at radius 2 is 1.79 bits per heavy atom. The van der Waals surface area contributed by atoms with E-state index < -0.39 is 20.6 Å². The third-order valence-electron chi connectivity index (χ3n) is 4.70. The predicted molar refractivity (Wildman–Crippen MR) is 126 cm³/mol. The molecule has 0 bridgehead atoms. The van der Waals surface area contributed by atoms with Crippen LogP contribution in [0.3, 0.4) is 0 Å². The van der Waals surface area contributed by atoms with Gasteiger partial charge in [0.1, 0.15) is 5.69 Å². The fraction of sp³-hybridized carbons (Fsp3) is 0.136. The normalized spacial score (nSPS) is 11.4. The number of hydrogen-bond acceptors (Lipinski definition) is 8. The first-order valence-corrected chi connectivity index (χ1v) is 11.1. The Balaban J connectivity index is 1.85. The molecule has 11 heteroatoms. The second-order valence-electron chi connectivity index (χ2n) is 7.16. The number of phenols is 1. The number of nitro groups is 1. The molecule has 3 rings (SSSR count). The average Bonchev–Trinajstić information content (AvgIpc) is 2.76. The van der Waals surface area contributed by atoms with Crippen molar-refractivity contribution >= 4 is 33.3 Å². The van der Waals surface area contributed by atoms with Crippen LogP contribution < -0.4 is 14.9 Å². The molecule has 33 heavy (non-hydrogen) atoms. The van der Waals surface area contributed by atoms with Crippen LogP contribution in [0.1, 0.15) is 16.7 Å². The minimum absolute atomic E-state index is 0.00691. The van der Waals surface area contributed by atoms with Gasteiger partial charge in [0.05, 0.1) is 28.8 Å². The number of nitrogens with zero attached hydrogens (tertiary/aromatic N) is 2. The van der Waals surface area contributed by atoms with E-state index in [-0.39, 0.29) is 22.1 Å². The molecule has 0 heterocycles. The summed E-state index contributed by atoms with van der Waals surface area (Å²) in [6.45, 7) is 3.66. The van der Waals surface area contributed by atoms with E-state index in [2.05, 4.69) is 15.2 Å². The molecule has 0 spiro atoms. The number of methoxy groups -OCH3 is 1. The third kappa shape index (κ3) is 5.57. The van der Waals surface area contributed by atoms with Crippen molar-refractivity contribution < 1.29 is 23.2 Å². The van der Waals surface area contributed by atoms with Gasteiger partial charge in [0.15, 0.2) is 11.5 Å². The average molecular weight is 471 g/mol. The molecule has 0 aliphatic rings. The van der Waals surface area contributed by atoms with E-state index in [0.29, 0.717) is 11.3 Å². The molecule has 3 aromatic carbocycles. The third-order valence-corrected chi connectivity index (χ3v) is 6.07. The Bertz CT molecular complexity index is 1340. The number of anilines is 2. The first kappa shape index (κ1) is 23.5. The van der Waals surface area contributed by atoms with E-state index in [4.69, 9.17) is 4.74 Å². The van der Waals surface area contributed by atoms with Crippen LogP contribution in [0.15, 0.2) is 64.6 Å². The van der Waals surface area contributed by atoms with Gasteiger partial charge >= 0.3 is 0 Å². The van der Waals surface area contributed by atoms with E-state index in [9.17, 15) is 23.6 Å². The molecule has 0 unspecified atom stereocenters. The van der Waals surface area contributed by atoms with Gasteiger partial charge in [-0.15, -0.1) is 0 Å². The minimum atomic E-state index is -4.05. The van der Waals surface area contributed by atoms with Crippen molar-refractivity contribution in [2.75, 3.05) is 17.3 Å². The maximum absolute atomic E-state index is 12.8. The second kappa shape index (κ2) is 9.57. The quantitative estimate of drug-likeness (QED) is 0.255. The molecule has 172 valence electrons. The van der Waals surface area contributed by atoms with Crippen LogP contribution in [0.4, 0.5) is 17.1 Å². The number of hydrazone groups is 1. The molecule has 3 aromatic rings. The molecular formula is C22H22N4O6S. The highest BCUT2D eigenvalue weighted by molar-refractivity contribution is 7.92. The lowest BCUT2D eigenvalue weighted by molar-refractivity contribution is -0.384. The van der Waals surface area contributed by atoms with Gasteiger partial charge in [-0.2, -0.15) is 5.10 Å². The maximum Gasteiger partial charge on any atom is 0.295 e. The summed E-state index contributed by atoms with van der Waals surface area (Å²) in [6.07, 6.45) is 1.37. The van der Waals surface area contributed by atoms with E-state index in [1.807, 2.05) is 13.0 Å². The van der Waals surface area contributed by atoms with E-state index in [0.717, 1.165) is 17.2 Å². The van der Waals surface area contributed by atoms with Gasteiger partial charge in [-0.1, -0.05) is 17.7 Å².